The summed E-state index contributed by atoms with van der Waals surface area (Å²) in [5, 5.41) is 19.3. The van der Waals surface area contributed by atoms with Crippen LogP contribution in [0.5, 0.6) is 5.75 Å². The molecule has 1 aromatic heterocycles. The molecule has 0 unspecified atom stereocenters. The number of aliphatic hydroxyl groups excluding tert-OH is 1. The van der Waals surface area contributed by atoms with Crippen LogP contribution < -0.4 is 15.4 Å². The SMILES string of the molecule is COc1ccc(CC[C@@H](C)NC(=O)NC[C@H](O)c2ccsc2)cc1. The molecule has 0 radical (unpaired) electrons. The molecule has 0 saturated heterocycles. The highest BCUT2D eigenvalue weighted by Crippen LogP contribution is 2.15. The number of carbonyl (C=O) groups is 1. The van der Waals surface area contributed by atoms with Gasteiger partial charge in [-0.3, -0.25) is 0 Å². The molecule has 0 aliphatic carbocycles. The fourth-order valence-corrected chi connectivity index (χ4v) is 3.00. The largest absolute Gasteiger partial charge is 0.497 e. The van der Waals surface area contributed by atoms with Crippen molar-refractivity contribution in [1.29, 1.82) is 0 Å². The Morgan fingerprint density at radius 3 is 2.67 bits per heavy atom. The molecular formula is C18H24N2O3S. The minimum absolute atomic E-state index is 0.0467. The molecule has 1 aromatic carbocycles. The molecule has 1 heterocycles. The van der Waals surface area contributed by atoms with E-state index in [-0.39, 0.29) is 18.6 Å². The molecule has 2 amide bonds. The van der Waals surface area contributed by atoms with Crippen molar-refractivity contribution in [3.05, 3.63) is 52.2 Å². The minimum Gasteiger partial charge on any atom is -0.497 e. The van der Waals surface area contributed by atoms with Gasteiger partial charge >= 0.3 is 6.03 Å². The lowest BCUT2D eigenvalue weighted by atomic mass is 10.1. The van der Waals surface area contributed by atoms with Crippen LogP contribution in [0.1, 0.15) is 30.6 Å². The number of benzene rings is 1. The maximum Gasteiger partial charge on any atom is 0.315 e. The van der Waals surface area contributed by atoms with E-state index in [0.717, 1.165) is 24.2 Å². The average Bonchev–Trinajstić information content (AvgIpc) is 3.13. The van der Waals surface area contributed by atoms with Gasteiger partial charge in [0.2, 0.25) is 0 Å². The van der Waals surface area contributed by atoms with Gasteiger partial charge < -0.3 is 20.5 Å². The highest BCUT2D eigenvalue weighted by atomic mass is 32.1. The monoisotopic (exact) mass is 348 g/mol. The number of hydrogen-bond acceptors (Lipinski definition) is 4. The van der Waals surface area contributed by atoms with Crippen LogP contribution in [0.2, 0.25) is 0 Å². The van der Waals surface area contributed by atoms with Crippen LogP contribution in [0.25, 0.3) is 0 Å². The number of methoxy groups -OCH3 is 1. The number of carbonyl (C=O) groups excluding carboxylic acids is 1. The smallest absolute Gasteiger partial charge is 0.315 e. The van der Waals surface area contributed by atoms with Crippen molar-refractivity contribution >= 4 is 17.4 Å². The van der Waals surface area contributed by atoms with E-state index in [4.69, 9.17) is 4.74 Å². The fourth-order valence-electron chi connectivity index (χ4n) is 2.29. The van der Waals surface area contributed by atoms with Gasteiger partial charge in [-0.15, -0.1) is 0 Å². The minimum atomic E-state index is -0.670. The van der Waals surface area contributed by atoms with Crippen LogP contribution in [0.3, 0.4) is 0 Å². The second kappa shape index (κ2) is 9.30. The second-order valence-corrected chi connectivity index (χ2v) is 6.49. The molecule has 2 aromatic rings. The van der Waals surface area contributed by atoms with E-state index >= 15 is 0 Å². The van der Waals surface area contributed by atoms with E-state index in [1.807, 2.05) is 48.0 Å². The normalized spacial score (nSPS) is 13.1. The summed E-state index contributed by atoms with van der Waals surface area (Å²) in [4.78, 5) is 11.9. The van der Waals surface area contributed by atoms with Crippen LogP contribution in [-0.2, 0) is 6.42 Å². The summed E-state index contributed by atoms with van der Waals surface area (Å²) >= 11 is 1.52. The van der Waals surface area contributed by atoms with Gasteiger partial charge in [0.1, 0.15) is 5.75 Å². The highest BCUT2D eigenvalue weighted by Gasteiger charge is 2.11. The van der Waals surface area contributed by atoms with Crippen molar-refractivity contribution in [3.8, 4) is 5.75 Å². The molecule has 3 N–H and O–H groups in total. The van der Waals surface area contributed by atoms with Crippen molar-refractivity contribution in [2.24, 2.45) is 0 Å². The van der Waals surface area contributed by atoms with Gasteiger partial charge in [0.15, 0.2) is 0 Å². The first-order valence-corrected chi connectivity index (χ1v) is 8.90. The van der Waals surface area contributed by atoms with Crippen LogP contribution >= 0.6 is 11.3 Å². The van der Waals surface area contributed by atoms with E-state index in [9.17, 15) is 9.90 Å². The zero-order valence-corrected chi connectivity index (χ0v) is 14.8. The molecule has 0 aliphatic rings. The van der Waals surface area contributed by atoms with Crippen molar-refractivity contribution in [2.75, 3.05) is 13.7 Å². The number of nitrogens with one attached hydrogen (secondary N) is 2. The number of thiophene rings is 1. The Kier molecular flexibility index (Phi) is 7.08. The number of urea groups is 1. The van der Waals surface area contributed by atoms with Crippen molar-refractivity contribution in [2.45, 2.75) is 31.9 Å². The first-order chi connectivity index (χ1) is 11.6. The lowest BCUT2D eigenvalue weighted by molar-refractivity contribution is 0.173. The van der Waals surface area contributed by atoms with Gasteiger partial charge in [0.05, 0.1) is 13.2 Å². The van der Waals surface area contributed by atoms with Gasteiger partial charge in [-0.1, -0.05) is 12.1 Å². The Bertz CT molecular complexity index is 614. The van der Waals surface area contributed by atoms with Gasteiger partial charge in [0.25, 0.3) is 0 Å². The van der Waals surface area contributed by atoms with Crippen molar-refractivity contribution in [1.82, 2.24) is 10.6 Å². The van der Waals surface area contributed by atoms with E-state index in [1.165, 1.54) is 16.9 Å². The molecule has 0 spiro atoms. The molecule has 5 nitrogen and oxygen atoms in total. The Balaban J connectivity index is 1.67. The van der Waals surface area contributed by atoms with Crippen LogP contribution in [-0.4, -0.2) is 30.8 Å². The lowest BCUT2D eigenvalue weighted by Crippen LogP contribution is -2.42. The van der Waals surface area contributed by atoms with Crippen molar-refractivity contribution < 1.29 is 14.6 Å². The quantitative estimate of drug-likeness (QED) is 0.686. The van der Waals surface area contributed by atoms with Crippen LogP contribution in [0, 0.1) is 0 Å². The third-order valence-electron chi connectivity index (χ3n) is 3.79. The lowest BCUT2D eigenvalue weighted by Gasteiger charge is -2.16. The van der Waals surface area contributed by atoms with Crippen molar-refractivity contribution in [3.63, 3.8) is 0 Å². The Labute approximate surface area is 146 Å². The third-order valence-corrected chi connectivity index (χ3v) is 4.49. The van der Waals surface area contributed by atoms with Gasteiger partial charge in [-0.2, -0.15) is 11.3 Å². The summed E-state index contributed by atoms with van der Waals surface area (Å²) in [6, 6.07) is 9.58. The summed E-state index contributed by atoms with van der Waals surface area (Å²) in [6.07, 6.45) is 1.05. The Morgan fingerprint density at radius 1 is 1.29 bits per heavy atom. The van der Waals surface area contributed by atoms with E-state index in [2.05, 4.69) is 10.6 Å². The van der Waals surface area contributed by atoms with E-state index < -0.39 is 6.10 Å². The number of ether oxygens (including phenoxy) is 1. The average molecular weight is 348 g/mol. The number of hydrogen-bond donors (Lipinski definition) is 3. The summed E-state index contributed by atoms with van der Waals surface area (Å²) in [6.45, 7) is 2.17. The third kappa shape index (κ3) is 5.86. The summed E-state index contributed by atoms with van der Waals surface area (Å²) in [5.74, 6) is 0.841. The summed E-state index contributed by atoms with van der Waals surface area (Å²) < 4.78 is 5.14. The summed E-state index contributed by atoms with van der Waals surface area (Å²) in [7, 11) is 1.65. The number of aryl methyl sites for hydroxylation is 1. The zero-order valence-electron chi connectivity index (χ0n) is 14.0. The molecular weight excluding hydrogens is 324 g/mol. The van der Waals surface area contributed by atoms with Crippen LogP contribution in [0.4, 0.5) is 4.79 Å². The second-order valence-electron chi connectivity index (χ2n) is 5.71. The van der Waals surface area contributed by atoms with E-state index in [0.29, 0.717) is 0 Å². The predicted molar refractivity (Wildman–Crippen MR) is 96.6 cm³/mol. The zero-order chi connectivity index (χ0) is 17.4. The molecule has 2 rings (SSSR count). The Hall–Kier alpha value is -2.05. The maximum absolute atomic E-state index is 11.9. The molecule has 24 heavy (non-hydrogen) atoms. The number of rotatable bonds is 8. The molecule has 2 atom stereocenters. The molecule has 0 bridgehead atoms. The Morgan fingerprint density at radius 2 is 2.04 bits per heavy atom. The molecule has 0 fully saturated rings. The topological polar surface area (TPSA) is 70.6 Å². The number of amides is 2. The highest BCUT2D eigenvalue weighted by molar-refractivity contribution is 7.07. The molecule has 0 saturated carbocycles. The fraction of sp³-hybridized carbons (Fsp3) is 0.389. The first-order valence-electron chi connectivity index (χ1n) is 7.96. The van der Waals surface area contributed by atoms with Crippen LogP contribution in [0.15, 0.2) is 41.1 Å². The predicted octanol–water partition coefficient (Wildman–Crippen LogP) is 3.11. The van der Waals surface area contributed by atoms with E-state index in [1.54, 1.807) is 7.11 Å². The molecule has 0 aliphatic heterocycles. The first kappa shape index (κ1) is 18.3. The maximum atomic E-state index is 11.9. The summed E-state index contributed by atoms with van der Waals surface area (Å²) in [5.41, 5.74) is 2.03. The molecule has 130 valence electrons. The molecule has 6 heteroatoms. The van der Waals surface area contributed by atoms with Gasteiger partial charge in [-0.25, -0.2) is 4.79 Å². The van der Waals surface area contributed by atoms with Gasteiger partial charge in [0, 0.05) is 12.6 Å². The van der Waals surface area contributed by atoms with Gasteiger partial charge in [-0.05, 0) is 59.9 Å². The number of aliphatic hydroxyl groups is 1. The standard InChI is InChI=1S/C18H24N2O3S/c1-13(3-4-14-5-7-16(23-2)8-6-14)20-18(22)19-11-17(21)15-9-10-24-12-15/h5-10,12-13,17,21H,3-4,11H2,1-2H3,(H2,19,20,22)/t13-,17+/m1/s1.